The molecular formula is C6H7ClF3N3. The fourth-order valence-electron chi connectivity index (χ4n) is 0.604. The second-order valence-electron chi connectivity index (χ2n) is 2.03. The first-order valence-corrected chi connectivity index (χ1v) is 3.11. The summed E-state index contributed by atoms with van der Waals surface area (Å²) in [7, 11) is 1.55. The Hall–Kier alpha value is -1.04. The van der Waals surface area contributed by atoms with Gasteiger partial charge in [0.2, 0.25) is 0 Å². The Labute approximate surface area is 78.8 Å². The van der Waals surface area contributed by atoms with E-state index in [9.17, 15) is 13.2 Å². The van der Waals surface area contributed by atoms with E-state index < -0.39 is 11.9 Å². The average molecular weight is 214 g/mol. The fraction of sp³-hybridized carbons (Fsp3) is 0.333. The Morgan fingerprint density at radius 3 is 2.15 bits per heavy atom. The zero-order valence-electron chi connectivity index (χ0n) is 6.59. The molecule has 7 heteroatoms. The topological polar surface area (TPSA) is 37.8 Å². The highest BCUT2D eigenvalue weighted by molar-refractivity contribution is 5.85. The molecule has 13 heavy (non-hydrogen) atoms. The number of hydrogen-bond acceptors (Lipinski definition) is 3. The summed E-state index contributed by atoms with van der Waals surface area (Å²) in [6.45, 7) is 0. The number of anilines is 1. The molecule has 1 aromatic rings. The highest BCUT2D eigenvalue weighted by Crippen LogP contribution is 2.26. The Morgan fingerprint density at radius 2 is 1.85 bits per heavy atom. The molecule has 0 spiro atoms. The zero-order valence-corrected chi connectivity index (χ0v) is 7.41. The van der Waals surface area contributed by atoms with Crippen LogP contribution in [0.15, 0.2) is 12.4 Å². The first-order chi connectivity index (χ1) is 5.54. The third-order valence-electron chi connectivity index (χ3n) is 1.20. The van der Waals surface area contributed by atoms with E-state index >= 15 is 0 Å². The average Bonchev–Trinajstić information content (AvgIpc) is 2.03. The summed E-state index contributed by atoms with van der Waals surface area (Å²) in [5.41, 5.74) is -0.985. The number of rotatable bonds is 1. The summed E-state index contributed by atoms with van der Waals surface area (Å²) in [6, 6.07) is 0. The van der Waals surface area contributed by atoms with Gasteiger partial charge in [-0.25, -0.2) is 9.97 Å². The normalized spacial score (nSPS) is 10.5. The van der Waals surface area contributed by atoms with Crippen LogP contribution in [-0.4, -0.2) is 17.0 Å². The van der Waals surface area contributed by atoms with Crippen LogP contribution in [0.1, 0.15) is 5.69 Å². The first kappa shape index (κ1) is 12.0. The zero-order chi connectivity index (χ0) is 9.19. The van der Waals surface area contributed by atoms with Crippen molar-refractivity contribution >= 4 is 18.2 Å². The molecule has 0 atom stereocenters. The number of nitrogens with zero attached hydrogens (tertiary/aromatic N) is 2. The van der Waals surface area contributed by atoms with Gasteiger partial charge in [-0.1, -0.05) is 0 Å². The third-order valence-corrected chi connectivity index (χ3v) is 1.20. The summed E-state index contributed by atoms with van der Waals surface area (Å²) in [6.07, 6.45) is -2.70. The first-order valence-electron chi connectivity index (χ1n) is 3.11. The SMILES string of the molecule is CNc1cnc(C(F)(F)F)cn1.Cl. The van der Waals surface area contributed by atoms with Crippen molar-refractivity contribution < 1.29 is 13.2 Å². The van der Waals surface area contributed by atoms with Gasteiger partial charge in [0, 0.05) is 7.05 Å². The second-order valence-corrected chi connectivity index (χ2v) is 2.03. The number of nitrogens with one attached hydrogen (secondary N) is 1. The molecule has 3 nitrogen and oxygen atoms in total. The molecule has 0 aliphatic carbocycles. The summed E-state index contributed by atoms with van der Waals surface area (Å²) in [5.74, 6) is 0.308. The molecule has 0 unspecified atom stereocenters. The van der Waals surface area contributed by atoms with Gasteiger partial charge < -0.3 is 5.32 Å². The van der Waals surface area contributed by atoms with Crippen molar-refractivity contribution in [1.29, 1.82) is 0 Å². The van der Waals surface area contributed by atoms with Gasteiger partial charge in [-0.2, -0.15) is 13.2 Å². The minimum Gasteiger partial charge on any atom is -0.372 e. The number of hydrogen-bond donors (Lipinski definition) is 1. The number of aromatic nitrogens is 2. The van der Waals surface area contributed by atoms with Gasteiger partial charge in [0.15, 0.2) is 5.69 Å². The Kier molecular flexibility index (Phi) is 3.93. The van der Waals surface area contributed by atoms with E-state index in [1.165, 1.54) is 0 Å². The van der Waals surface area contributed by atoms with Crippen LogP contribution in [0.3, 0.4) is 0 Å². The van der Waals surface area contributed by atoms with Crippen LogP contribution in [0, 0.1) is 0 Å². The van der Waals surface area contributed by atoms with Gasteiger partial charge in [-0.05, 0) is 0 Å². The van der Waals surface area contributed by atoms with Crippen LogP contribution in [0.5, 0.6) is 0 Å². The molecule has 0 aliphatic heterocycles. The highest BCUT2D eigenvalue weighted by atomic mass is 35.5. The lowest BCUT2D eigenvalue weighted by molar-refractivity contribution is -0.141. The Bertz CT molecular complexity index is 259. The molecule has 1 N–H and O–H groups in total. The Balaban J connectivity index is 0.00000144. The molecule has 0 bridgehead atoms. The van der Waals surface area contributed by atoms with E-state index in [2.05, 4.69) is 15.3 Å². The smallest absolute Gasteiger partial charge is 0.372 e. The van der Waals surface area contributed by atoms with E-state index in [1.807, 2.05) is 0 Å². The van der Waals surface area contributed by atoms with Crippen molar-refractivity contribution in [2.45, 2.75) is 6.18 Å². The maximum absolute atomic E-state index is 11.9. The van der Waals surface area contributed by atoms with E-state index in [0.717, 1.165) is 6.20 Å². The van der Waals surface area contributed by atoms with Crippen molar-refractivity contribution in [2.75, 3.05) is 12.4 Å². The van der Waals surface area contributed by atoms with Crippen LogP contribution in [-0.2, 0) is 6.18 Å². The lowest BCUT2D eigenvalue weighted by Crippen LogP contribution is -2.08. The molecule has 0 aromatic carbocycles. The summed E-state index contributed by atoms with van der Waals surface area (Å²) >= 11 is 0. The second kappa shape index (κ2) is 4.27. The largest absolute Gasteiger partial charge is 0.434 e. The van der Waals surface area contributed by atoms with Crippen molar-refractivity contribution in [1.82, 2.24) is 9.97 Å². The van der Waals surface area contributed by atoms with Crippen molar-refractivity contribution in [3.05, 3.63) is 18.1 Å². The molecule has 74 valence electrons. The van der Waals surface area contributed by atoms with Gasteiger partial charge in [-0.15, -0.1) is 12.4 Å². The van der Waals surface area contributed by atoms with Crippen LogP contribution >= 0.6 is 12.4 Å². The predicted octanol–water partition coefficient (Wildman–Crippen LogP) is 1.96. The van der Waals surface area contributed by atoms with Crippen LogP contribution in [0.25, 0.3) is 0 Å². The molecule has 0 fully saturated rings. The van der Waals surface area contributed by atoms with E-state index in [-0.39, 0.29) is 12.4 Å². The van der Waals surface area contributed by atoms with Crippen molar-refractivity contribution in [3.8, 4) is 0 Å². The maximum atomic E-state index is 11.9. The van der Waals surface area contributed by atoms with E-state index in [4.69, 9.17) is 0 Å². The molecule has 0 radical (unpaired) electrons. The van der Waals surface area contributed by atoms with E-state index in [1.54, 1.807) is 7.05 Å². The fourth-order valence-corrected chi connectivity index (χ4v) is 0.604. The summed E-state index contributed by atoms with van der Waals surface area (Å²) in [4.78, 5) is 6.64. The van der Waals surface area contributed by atoms with Gasteiger partial charge >= 0.3 is 6.18 Å². The minimum absolute atomic E-state index is 0. The monoisotopic (exact) mass is 213 g/mol. The minimum atomic E-state index is -4.42. The van der Waals surface area contributed by atoms with Crippen molar-refractivity contribution in [3.63, 3.8) is 0 Å². The summed E-state index contributed by atoms with van der Waals surface area (Å²) in [5, 5.41) is 2.56. The lowest BCUT2D eigenvalue weighted by atomic mass is 10.4. The summed E-state index contributed by atoms with van der Waals surface area (Å²) < 4.78 is 35.7. The Morgan fingerprint density at radius 1 is 1.23 bits per heavy atom. The van der Waals surface area contributed by atoms with Gasteiger partial charge in [0.25, 0.3) is 0 Å². The standard InChI is InChI=1S/C6H6F3N3.ClH/c1-10-5-3-11-4(2-12-5)6(7,8)9;/h2-3H,1H3,(H,10,12);1H. The molecule has 1 rings (SSSR count). The molecule has 0 saturated carbocycles. The van der Waals surface area contributed by atoms with Crippen LogP contribution < -0.4 is 5.32 Å². The van der Waals surface area contributed by atoms with Gasteiger partial charge in [0.1, 0.15) is 5.82 Å². The predicted molar refractivity (Wildman–Crippen MR) is 43.8 cm³/mol. The molecule has 0 aliphatic rings. The highest BCUT2D eigenvalue weighted by Gasteiger charge is 2.32. The van der Waals surface area contributed by atoms with Crippen LogP contribution in [0.2, 0.25) is 0 Å². The quantitative estimate of drug-likeness (QED) is 0.775. The number of halogens is 4. The molecule has 1 aromatic heterocycles. The molecular weight excluding hydrogens is 207 g/mol. The lowest BCUT2D eigenvalue weighted by Gasteiger charge is -2.04. The van der Waals surface area contributed by atoms with Crippen molar-refractivity contribution in [2.24, 2.45) is 0 Å². The van der Waals surface area contributed by atoms with E-state index in [0.29, 0.717) is 12.0 Å². The van der Waals surface area contributed by atoms with Gasteiger partial charge in [-0.3, -0.25) is 0 Å². The maximum Gasteiger partial charge on any atom is 0.434 e. The molecule has 0 amide bonds. The number of alkyl halides is 3. The molecule has 0 saturated heterocycles. The van der Waals surface area contributed by atoms with Crippen LogP contribution in [0.4, 0.5) is 19.0 Å². The van der Waals surface area contributed by atoms with Gasteiger partial charge in [0.05, 0.1) is 12.4 Å². The molecule has 1 heterocycles. The third kappa shape index (κ3) is 3.06.